The minimum absolute atomic E-state index is 0.0614. The van der Waals surface area contributed by atoms with Crippen LogP contribution >= 0.6 is 7.82 Å². The minimum Gasteiger partial charge on any atom is -0.391 e. The van der Waals surface area contributed by atoms with Crippen molar-refractivity contribution in [3.05, 3.63) is 146 Å². The molecule has 72 heavy (non-hydrogen) atoms. The fraction of sp³-hybridized carbons (Fsp3) is 0.603. The SMILES string of the molecule is CC/C=C\C/C=C\C/C=C\C/C=C\C/C=C\C/C=C\C/C=C\C/C=C\C/C=C\C/C=C\C/C=C\C/C=C\CCCCCCC(=O)NC(COP(=O)(O)OCC[N+](C)(C)C)C(O)CCCCCCCCCCC. The highest BCUT2D eigenvalue weighted by Crippen LogP contribution is 2.43. The van der Waals surface area contributed by atoms with Crippen molar-refractivity contribution in [1.29, 1.82) is 0 Å². The van der Waals surface area contributed by atoms with Crippen LogP contribution in [0.3, 0.4) is 0 Å². The summed E-state index contributed by atoms with van der Waals surface area (Å²) in [7, 11) is 1.57. The number of aliphatic hydroxyl groups is 1. The third-order valence-electron chi connectivity index (χ3n) is 11.6. The van der Waals surface area contributed by atoms with E-state index in [2.05, 4.69) is 165 Å². The highest BCUT2D eigenvalue weighted by atomic mass is 31.2. The van der Waals surface area contributed by atoms with Crippen molar-refractivity contribution in [1.82, 2.24) is 5.32 Å². The molecule has 0 rings (SSSR count). The third-order valence-corrected chi connectivity index (χ3v) is 12.6. The Hall–Kier alpha value is -3.62. The first-order valence-electron chi connectivity index (χ1n) is 28.2. The predicted molar refractivity (Wildman–Crippen MR) is 313 cm³/mol. The van der Waals surface area contributed by atoms with Crippen LogP contribution in [0.25, 0.3) is 0 Å². The van der Waals surface area contributed by atoms with Gasteiger partial charge in [-0.05, 0) is 103 Å². The molecule has 0 aromatic rings. The van der Waals surface area contributed by atoms with Gasteiger partial charge in [-0.15, -0.1) is 0 Å². The Kier molecular flexibility index (Phi) is 49.6. The van der Waals surface area contributed by atoms with Gasteiger partial charge in [0.05, 0.1) is 39.9 Å². The average molecular weight is 1020 g/mol. The van der Waals surface area contributed by atoms with Gasteiger partial charge in [0.1, 0.15) is 13.2 Å². The molecule has 0 saturated heterocycles. The first-order valence-corrected chi connectivity index (χ1v) is 29.7. The molecule has 3 unspecified atom stereocenters. The summed E-state index contributed by atoms with van der Waals surface area (Å²) in [5.41, 5.74) is 0. The first kappa shape index (κ1) is 68.4. The molecule has 0 aliphatic heterocycles. The van der Waals surface area contributed by atoms with Crippen LogP contribution in [-0.2, 0) is 18.4 Å². The van der Waals surface area contributed by atoms with Crippen molar-refractivity contribution in [3.63, 3.8) is 0 Å². The Morgan fingerprint density at radius 3 is 1.22 bits per heavy atom. The second-order valence-corrected chi connectivity index (χ2v) is 21.0. The van der Waals surface area contributed by atoms with E-state index in [9.17, 15) is 19.4 Å². The van der Waals surface area contributed by atoms with Crippen LogP contribution in [0.15, 0.2) is 146 Å². The lowest BCUT2D eigenvalue weighted by Crippen LogP contribution is -2.46. The Morgan fingerprint density at radius 1 is 0.486 bits per heavy atom. The maximum atomic E-state index is 12.9. The van der Waals surface area contributed by atoms with Crippen molar-refractivity contribution < 1.29 is 32.9 Å². The number of unbranched alkanes of at least 4 members (excludes halogenated alkanes) is 12. The molecule has 1 amide bonds. The summed E-state index contributed by atoms with van der Waals surface area (Å²) in [5, 5.41) is 13.9. The molecule has 0 bridgehead atoms. The maximum Gasteiger partial charge on any atom is 0.472 e. The predicted octanol–water partition coefficient (Wildman–Crippen LogP) is 17.3. The molecule has 0 aliphatic rings. The standard InChI is InChI=1S/C63H105N2O6P/c1-6-8-10-12-14-16-17-18-19-20-21-22-23-24-25-26-27-28-29-30-31-32-33-34-35-36-37-38-39-40-41-42-43-44-45-46-47-49-51-53-55-57-63(67)64-61(60-71-72(68,69)70-59-58-65(3,4)5)62(66)56-54-52-50-48-15-13-11-9-7-2/h8,10,14,16,18-19,21-22,24-25,27-28,30-31,33-34,36-37,39-40,42-43,45-46,61-62,66H,6-7,9,11-13,15,17,20,23,26,29,32,35,38,41,44,47-60H2,1-5H3,(H-,64,67,68,69)/p+1/b10-8-,16-14-,19-18-,22-21-,25-24-,28-27-,31-30-,34-33-,37-36-,40-39-,43-42-,46-45-. The van der Waals surface area contributed by atoms with Gasteiger partial charge in [0.25, 0.3) is 0 Å². The largest absolute Gasteiger partial charge is 0.472 e. The molecule has 0 radical (unpaired) electrons. The van der Waals surface area contributed by atoms with Gasteiger partial charge in [-0.25, -0.2) is 4.57 Å². The number of quaternary nitrogens is 1. The number of carbonyl (C=O) groups is 1. The van der Waals surface area contributed by atoms with Gasteiger partial charge in [0.15, 0.2) is 0 Å². The number of aliphatic hydroxyl groups excluding tert-OH is 1. The summed E-state index contributed by atoms with van der Waals surface area (Å²) in [6.07, 6.45) is 80.6. The molecule has 408 valence electrons. The lowest BCUT2D eigenvalue weighted by molar-refractivity contribution is -0.870. The molecule has 0 fully saturated rings. The lowest BCUT2D eigenvalue weighted by atomic mass is 10.0. The zero-order valence-corrected chi connectivity index (χ0v) is 47.2. The lowest BCUT2D eigenvalue weighted by Gasteiger charge is -2.26. The number of likely N-dealkylation sites (N-methyl/N-ethyl adjacent to an activating group) is 1. The zero-order chi connectivity index (χ0) is 52.7. The molecule has 0 aliphatic carbocycles. The summed E-state index contributed by atoms with van der Waals surface area (Å²) < 4.78 is 23.6. The van der Waals surface area contributed by atoms with Crippen molar-refractivity contribution in [2.75, 3.05) is 40.9 Å². The summed E-state index contributed by atoms with van der Waals surface area (Å²) in [4.78, 5) is 23.2. The van der Waals surface area contributed by atoms with E-state index in [1.807, 2.05) is 21.1 Å². The minimum atomic E-state index is -4.33. The van der Waals surface area contributed by atoms with Gasteiger partial charge in [-0.3, -0.25) is 13.8 Å². The third kappa shape index (κ3) is 54.2. The topological polar surface area (TPSA) is 105 Å². The number of allylic oxidation sites excluding steroid dienone is 24. The zero-order valence-electron chi connectivity index (χ0n) is 46.4. The molecular weight excluding hydrogens is 912 g/mol. The van der Waals surface area contributed by atoms with Crippen LogP contribution in [0, 0.1) is 0 Å². The Bertz CT molecular complexity index is 1670. The van der Waals surface area contributed by atoms with Gasteiger partial charge in [-0.2, -0.15) is 0 Å². The van der Waals surface area contributed by atoms with Crippen LogP contribution in [0.2, 0.25) is 0 Å². The van der Waals surface area contributed by atoms with Crippen LogP contribution in [0.4, 0.5) is 0 Å². The van der Waals surface area contributed by atoms with Crippen LogP contribution in [0.1, 0.15) is 194 Å². The number of rotatable bonds is 49. The monoisotopic (exact) mass is 1020 g/mol. The molecule has 3 atom stereocenters. The Morgan fingerprint density at radius 2 is 0.833 bits per heavy atom. The molecule has 9 heteroatoms. The summed E-state index contributed by atoms with van der Waals surface area (Å²) in [6, 6.07) is -0.783. The number of hydrogen-bond donors (Lipinski definition) is 3. The first-order chi connectivity index (χ1) is 35.0. The Balaban J connectivity index is 4.11. The van der Waals surface area contributed by atoms with Gasteiger partial charge in [0.2, 0.25) is 5.91 Å². The molecular formula is C63H106N2O6P+. The molecule has 0 heterocycles. The quantitative estimate of drug-likeness (QED) is 0.0243. The highest BCUT2D eigenvalue weighted by Gasteiger charge is 2.28. The van der Waals surface area contributed by atoms with Crippen molar-refractivity contribution in [2.45, 2.75) is 206 Å². The summed E-state index contributed by atoms with van der Waals surface area (Å²) >= 11 is 0. The normalized spacial score (nSPS) is 15.0. The van der Waals surface area contributed by atoms with Crippen molar-refractivity contribution >= 4 is 13.7 Å². The summed E-state index contributed by atoms with van der Waals surface area (Å²) in [5.74, 6) is -0.178. The van der Waals surface area contributed by atoms with Gasteiger partial charge in [-0.1, -0.05) is 230 Å². The average Bonchev–Trinajstić information content (AvgIpc) is 3.34. The number of phosphoric acid groups is 1. The molecule has 8 nitrogen and oxygen atoms in total. The van der Waals surface area contributed by atoms with Crippen LogP contribution < -0.4 is 5.32 Å². The van der Waals surface area contributed by atoms with E-state index in [0.29, 0.717) is 23.9 Å². The maximum absolute atomic E-state index is 12.9. The molecule has 0 aromatic heterocycles. The van der Waals surface area contributed by atoms with Gasteiger partial charge >= 0.3 is 7.82 Å². The number of hydrogen-bond acceptors (Lipinski definition) is 5. The molecule has 0 aromatic carbocycles. The van der Waals surface area contributed by atoms with E-state index in [1.54, 1.807) is 0 Å². The van der Waals surface area contributed by atoms with Gasteiger partial charge in [0, 0.05) is 6.42 Å². The van der Waals surface area contributed by atoms with Crippen molar-refractivity contribution in [2.24, 2.45) is 0 Å². The highest BCUT2D eigenvalue weighted by molar-refractivity contribution is 7.47. The number of nitrogens with zero attached hydrogens (tertiary/aromatic N) is 1. The summed E-state index contributed by atoms with van der Waals surface area (Å²) in [6.45, 7) is 4.70. The molecule has 0 saturated carbocycles. The number of nitrogens with one attached hydrogen (secondary N) is 1. The Labute approximate surface area is 442 Å². The van der Waals surface area contributed by atoms with E-state index >= 15 is 0 Å². The van der Waals surface area contributed by atoms with E-state index in [0.717, 1.165) is 128 Å². The second kappa shape index (κ2) is 52.3. The van der Waals surface area contributed by atoms with Crippen molar-refractivity contribution in [3.8, 4) is 0 Å². The molecule has 0 spiro atoms. The second-order valence-electron chi connectivity index (χ2n) is 19.6. The van der Waals surface area contributed by atoms with E-state index in [1.165, 1.54) is 38.5 Å². The smallest absolute Gasteiger partial charge is 0.391 e. The molecule has 3 N–H and O–H groups in total. The number of amides is 1. The fourth-order valence-corrected chi connectivity index (χ4v) is 7.94. The fourth-order valence-electron chi connectivity index (χ4n) is 7.20. The number of carbonyl (C=O) groups excluding carboxylic acids is 1. The van der Waals surface area contributed by atoms with Crippen LogP contribution in [0.5, 0.6) is 0 Å². The van der Waals surface area contributed by atoms with E-state index in [4.69, 9.17) is 9.05 Å². The van der Waals surface area contributed by atoms with E-state index in [-0.39, 0.29) is 19.1 Å². The van der Waals surface area contributed by atoms with Crippen LogP contribution in [-0.4, -0.2) is 73.4 Å². The van der Waals surface area contributed by atoms with Gasteiger partial charge < -0.3 is 19.8 Å². The van der Waals surface area contributed by atoms with E-state index < -0.39 is 20.0 Å². The number of phosphoric ester groups is 1.